The molecule has 2 saturated heterocycles. The van der Waals surface area contributed by atoms with Crippen molar-refractivity contribution in [1.82, 2.24) is 9.47 Å². The van der Waals surface area contributed by atoms with Crippen molar-refractivity contribution in [3.63, 3.8) is 0 Å². The predicted octanol–water partition coefficient (Wildman–Crippen LogP) is 5.06. The fourth-order valence-electron chi connectivity index (χ4n) is 8.01. The Hall–Kier alpha value is -3.51. The quantitative estimate of drug-likeness (QED) is 0.252. The van der Waals surface area contributed by atoms with E-state index in [2.05, 4.69) is 32.9 Å². The van der Waals surface area contributed by atoms with Gasteiger partial charge in [0.25, 0.3) is 11.5 Å². The van der Waals surface area contributed by atoms with Gasteiger partial charge in [0, 0.05) is 42.0 Å². The molecule has 11 heteroatoms. The molecule has 2 aromatic rings. The van der Waals surface area contributed by atoms with Gasteiger partial charge in [-0.3, -0.25) is 19.0 Å². The van der Waals surface area contributed by atoms with Crippen molar-refractivity contribution in [1.29, 1.82) is 0 Å². The van der Waals surface area contributed by atoms with E-state index in [1.54, 1.807) is 28.1 Å². The minimum Gasteiger partial charge on any atom is -0.491 e. The normalized spacial score (nSPS) is 25.6. The Balaban J connectivity index is 1.59. The minimum absolute atomic E-state index is 0.00523. The fourth-order valence-corrected chi connectivity index (χ4v) is 10.6. The van der Waals surface area contributed by atoms with E-state index < -0.39 is 31.5 Å². The Bertz CT molecular complexity index is 1660. The fraction of sp³-hybridized carbons (Fsp3) is 0.541. The summed E-state index contributed by atoms with van der Waals surface area (Å²) in [7, 11) is -1.56. The topological polar surface area (TPSA) is 122 Å². The zero-order valence-electron chi connectivity index (χ0n) is 29.4. The van der Waals surface area contributed by atoms with E-state index in [1.165, 1.54) is 17.3 Å². The molecule has 5 atom stereocenters. The van der Waals surface area contributed by atoms with Gasteiger partial charge in [0.05, 0.1) is 38.0 Å². The maximum atomic E-state index is 14.9. The highest BCUT2D eigenvalue weighted by molar-refractivity contribution is 6.71. The first kappa shape index (κ1) is 35.8. The number of hydrogen-bond donors (Lipinski definition) is 2. The molecule has 2 fully saturated rings. The molecule has 3 aliphatic heterocycles. The van der Waals surface area contributed by atoms with Crippen LogP contribution in [0.15, 0.2) is 64.6 Å². The Morgan fingerprint density at radius 2 is 1.92 bits per heavy atom. The number of ether oxygens (including phenoxy) is 2. The van der Waals surface area contributed by atoms with Gasteiger partial charge in [0.2, 0.25) is 5.91 Å². The molecule has 0 unspecified atom stereocenters. The van der Waals surface area contributed by atoms with Gasteiger partial charge >= 0.3 is 0 Å². The van der Waals surface area contributed by atoms with E-state index in [0.29, 0.717) is 30.0 Å². The zero-order chi connectivity index (χ0) is 35.0. The van der Waals surface area contributed by atoms with Gasteiger partial charge in [0.1, 0.15) is 0 Å². The summed E-state index contributed by atoms with van der Waals surface area (Å²) in [5.74, 6) is -0.649. The molecule has 3 aliphatic rings. The van der Waals surface area contributed by atoms with Crippen molar-refractivity contribution in [3.8, 4) is 11.4 Å². The average molecular weight is 678 g/mol. The molecule has 0 bridgehead atoms. The van der Waals surface area contributed by atoms with Crippen molar-refractivity contribution in [3.05, 3.63) is 75.7 Å². The second-order valence-electron chi connectivity index (χ2n) is 14.4. The molecule has 1 spiro atoms. The largest absolute Gasteiger partial charge is 0.491 e. The van der Waals surface area contributed by atoms with Crippen LogP contribution in [0.25, 0.3) is 5.69 Å². The molecule has 48 heavy (non-hydrogen) atoms. The number of anilines is 1. The van der Waals surface area contributed by atoms with E-state index in [0.717, 1.165) is 31.3 Å². The van der Waals surface area contributed by atoms with Gasteiger partial charge in [-0.25, -0.2) is 0 Å². The van der Waals surface area contributed by atoms with Gasteiger partial charge in [0.15, 0.2) is 19.7 Å². The number of aliphatic hydroxyl groups is 1. The summed E-state index contributed by atoms with van der Waals surface area (Å²) in [5, 5.41) is 9.90. The van der Waals surface area contributed by atoms with Crippen LogP contribution in [0.4, 0.5) is 5.69 Å². The first-order valence-electron chi connectivity index (χ1n) is 17.1. The maximum Gasteiger partial charge on any atom is 0.297 e. The van der Waals surface area contributed by atoms with Crippen LogP contribution in [0.2, 0.25) is 18.6 Å². The summed E-state index contributed by atoms with van der Waals surface area (Å²) < 4.78 is 13.7. The van der Waals surface area contributed by atoms with Crippen LogP contribution < -0.4 is 15.2 Å². The number of aliphatic hydroxyl groups excluding tert-OH is 1. The van der Waals surface area contributed by atoms with E-state index in [9.17, 15) is 24.3 Å². The predicted molar refractivity (Wildman–Crippen MR) is 189 cm³/mol. The number of benzene rings is 1. The van der Waals surface area contributed by atoms with Crippen molar-refractivity contribution < 1.29 is 29.0 Å². The van der Waals surface area contributed by atoms with Crippen molar-refractivity contribution in [2.75, 3.05) is 31.7 Å². The molecule has 0 aliphatic carbocycles. The number of allylic oxidation sites excluding steroid dienone is 3. The van der Waals surface area contributed by atoms with Crippen molar-refractivity contribution in [2.45, 2.75) is 96.2 Å². The molecule has 5 rings (SSSR count). The first-order chi connectivity index (χ1) is 22.7. The van der Waals surface area contributed by atoms with Crippen LogP contribution in [0.5, 0.6) is 5.75 Å². The highest BCUT2D eigenvalue weighted by Gasteiger charge is 2.66. The molecule has 1 aromatic carbocycles. The lowest BCUT2D eigenvalue weighted by Crippen LogP contribution is -2.46. The Morgan fingerprint density at radius 1 is 1.17 bits per heavy atom. The summed E-state index contributed by atoms with van der Waals surface area (Å²) in [6.07, 6.45) is 8.58. The highest BCUT2D eigenvalue weighted by Crippen LogP contribution is 2.60. The smallest absolute Gasteiger partial charge is 0.297 e. The number of carbonyl (C=O) groups is 2. The molecule has 260 valence electrons. The first-order valence-corrected chi connectivity index (χ1v) is 20.1. The lowest BCUT2D eigenvalue weighted by atomic mass is 9.82. The summed E-state index contributed by atoms with van der Waals surface area (Å²) in [4.78, 5) is 57.0. The summed E-state index contributed by atoms with van der Waals surface area (Å²) in [5.41, 5.74) is 2.05. The molecule has 1 aromatic heterocycles. The van der Waals surface area contributed by atoms with Crippen LogP contribution in [-0.4, -0.2) is 78.5 Å². The molecule has 0 radical (unpaired) electrons. The minimum atomic E-state index is -3.01. The lowest BCUT2D eigenvalue weighted by molar-refractivity contribution is -0.149. The van der Waals surface area contributed by atoms with Crippen molar-refractivity contribution >= 4 is 25.8 Å². The SMILES string of the molecule is COc1cccn(-c2ccc3c(c2)[C@@]2(O[C@H](CC(=O)N4CCC[C@H]4CO)[C@@H]([Si](C)(C)O)[C@@H]2C)C(=O)N3C/C=C(\C)CCC=C(C)C)c1=O. The monoisotopic (exact) mass is 677 g/mol. The molecule has 0 saturated carbocycles. The molecule has 10 nitrogen and oxygen atoms in total. The van der Waals surface area contributed by atoms with Gasteiger partial charge in [-0.15, -0.1) is 0 Å². The van der Waals surface area contributed by atoms with Crippen LogP contribution >= 0.6 is 0 Å². The third kappa shape index (κ3) is 6.57. The molecular formula is C37H51N3O7Si. The number of aromatic nitrogens is 1. The Morgan fingerprint density at radius 3 is 2.58 bits per heavy atom. The van der Waals surface area contributed by atoms with E-state index in [4.69, 9.17) is 9.47 Å². The van der Waals surface area contributed by atoms with Crippen LogP contribution in [0.1, 0.15) is 65.4 Å². The summed E-state index contributed by atoms with van der Waals surface area (Å²) in [6, 6.07) is 8.61. The average Bonchev–Trinajstić information content (AvgIpc) is 3.69. The number of likely N-dealkylation sites (tertiary alicyclic amines) is 1. The second kappa shape index (κ2) is 14.1. The van der Waals surface area contributed by atoms with Crippen molar-refractivity contribution in [2.24, 2.45) is 5.92 Å². The number of amides is 2. The maximum absolute atomic E-state index is 14.9. The number of rotatable bonds is 11. The third-order valence-corrected chi connectivity index (χ3v) is 12.9. The van der Waals surface area contributed by atoms with Gasteiger partial charge in [-0.05, 0) is 89.9 Å². The molecule has 2 amide bonds. The number of methoxy groups -OCH3 is 1. The number of nitrogens with zero attached hydrogens (tertiary/aromatic N) is 3. The molecule has 4 heterocycles. The lowest BCUT2D eigenvalue weighted by Gasteiger charge is -2.32. The second-order valence-corrected chi connectivity index (χ2v) is 18.3. The van der Waals surface area contributed by atoms with E-state index in [1.807, 2.05) is 38.2 Å². The Labute approximate surface area is 284 Å². The van der Waals surface area contributed by atoms with Crippen LogP contribution in [0, 0.1) is 5.92 Å². The van der Waals surface area contributed by atoms with Gasteiger partial charge in [-0.1, -0.05) is 30.2 Å². The number of pyridine rings is 1. The zero-order valence-corrected chi connectivity index (χ0v) is 30.4. The highest BCUT2D eigenvalue weighted by atomic mass is 28.4. The Kier molecular flexibility index (Phi) is 10.5. The number of carbonyl (C=O) groups excluding carboxylic acids is 2. The summed E-state index contributed by atoms with van der Waals surface area (Å²) >= 11 is 0. The molecule has 2 N–H and O–H groups in total. The molecular weight excluding hydrogens is 627 g/mol. The van der Waals surface area contributed by atoms with Gasteiger partial charge < -0.3 is 29.2 Å². The van der Waals surface area contributed by atoms with E-state index in [-0.39, 0.29) is 42.2 Å². The standard InChI is InChI=1S/C37H51N3O7Si/c1-24(2)11-8-12-25(3)17-20-40-30-16-15-27(39-19-10-14-31(46-5)35(39)43)21-29(30)37(36(40)44)26(4)34(48(6,7)45)32(47-37)22-33(42)38-18-9-13-28(38)23-41/h10-11,14-17,19,21,26,28,32,34,41,45H,8-9,12-13,18,20,22-23H2,1-7H3/b25-17+/t26-,28-,32+,34-,37+/m0/s1. The third-order valence-electron chi connectivity index (χ3n) is 10.4. The van der Waals surface area contributed by atoms with Crippen LogP contribution in [0.3, 0.4) is 0 Å². The number of fused-ring (bicyclic) bond motifs is 2. The van der Waals surface area contributed by atoms with Gasteiger partial charge in [-0.2, -0.15) is 0 Å². The summed E-state index contributed by atoms with van der Waals surface area (Å²) in [6.45, 7) is 12.6. The number of hydrogen-bond acceptors (Lipinski definition) is 7. The van der Waals surface area contributed by atoms with Crippen LogP contribution in [-0.2, 0) is 19.9 Å². The van der Waals surface area contributed by atoms with E-state index >= 15 is 0 Å².